The molecule has 1 aromatic heterocycles. The third-order valence-corrected chi connectivity index (χ3v) is 4.26. The fourth-order valence-electron chi connectivity index (χ4n) is 1.56. The standard InChI is InChI=1S/C8H13N5O3S/c9-8(10)6-4-13(1-2-16-6)17(14,15)7-3-11-5-12-7/h3,5-6H,1-2,4H2,(H3,9,10)(H,11,12). The molecule has 0 bridgehead atoms. The van der Waals surface area contributed by atoms with E-state index in [0.717, 1.165) is 0 Å². The fourth-order valence-corrected chi connectivity index (χ4v) is 2.88. The van der Waals surface area contributed by atoms with Crippen LogP contribution in [0.2, 0.25) is 0 Å². The molecule has 4 N–H and O–H groups in total. The molecule has 0 amide bonds. The van der Waals surface area contributed by atoms with Crippen LogP contribution in [0.4, 0.5) is 0 Å². The highest BCUT2D eigenvalue weighted by Gasteiger charge is 2.32. The molecule has 9 heteroatoms. The number of morpholine rings is 1. The van der Waals surface area contributed by atoms with Crippen molar-refractivity contribution in [3.05, 3.63) is 12.5 Å². The Balaban J connectivity index is 2.20. The lowest BCUT2D eigenvalue weighted by molar-refractivity contribution is 0.0367. The molecule has 1 unspecified atom stereocenters. The number of H-pyrrole nitrogens is 1. The van der Waals surface area contributed by atoms with Crippen LogP contribution in [-0.4, -0.2) is 54.3 Å². The number of rotatable bonds is 3. The van der Waals surface area contributed by atoms with Crippen molar-refractivity contribution >= 4 is 15.9 Å². The molecule has 0 aliphatic carbocycles. The number of aromatic nitrogens is 2. The van der Waals surface area contributed by atoms with Gasteiger partial charge in [0.25, 0.3) is 10.0 Å². The van der Waals surface area contributed by atoms with Gasteiger partial charge in [-0.2, -0.15) is 4.31 Å². The van der Waals surface area contributed by atoms with E-state index in [1.807, 2.05) is 0 Å². The summed E-state index contributed by atoms with van der Waals surface area (Å²) in [5.74, 6) is -0.172. The van der Waals surface area contributed by atoms with E-state index in [-0.39, 0.29) is 30.6 Å². The smallest absolute Gasteiger partial charge is 0.260 e. The van der Waals surface area contributed by atoms with E-state index in [4.69, 9.17) is 15.9 Å². The van der Waals surface area contributed by atoms with E-state index in [1.54, 1.807) is 0 Å². The predicted molar refractivity (Wildman–Crippen MR) is 59.0 cm³/mol. The molecule has 1 aliphatic rings. The molecule has 1 aliphatic heterocycles. The van der Waals surface area contributed by atoms with Gasteiger partial charge in [-0.15, -0.1) is 0 Å². The molecule has 94 valence electrons. The highest BCUT2D eigenvalue weighted by atomic mass is 32.2. The number of nitrogens with one attached hydrogen (secondary N) is 2. The number of amidine groups is 1. The van der Waals surface area contributed by atoms with Crippen LogP contribution in [0.25, 0.3) is 0 Å². The number of aromatic amines is 1. The third-order valence-electron chi connectivity index (χ3n) is 2.47. The highest BCUT2D eigenvalue weighted by Crippen LogP contribution is 2.16. The number of sulfonamides is 1. The summed E-state index contributed by atoms with van der Waals surface area (Å²) in [5.41, 5.74) is 5.31. The van der Waals surface area contributed by atoms with E-state index in [2.05, 4.69) is 9.97 Å². The summed E-state index contributed by atoms with van der Waals surface area (Å²) < 4.78 is 30.6. The molecule has 1 atom stereocenters. The zero-order valence-corrected chi connectivity index (χ0v) is 9.77. The maximum atomic E-state index is 12.1. The Kier molecular flexibility index (Phi) is 3.13. The Morgan fingerprint density at radius 3 is 3.06 bits per heavy atom. The average Bonchev–Trinajstić information content (AvgIpc) is 2.83. The van der Waals surface area contributed by atoms with E-state index in [0.29, 0.717) is 0 Å². The molecule has 0 radical (unpaired) electrons. The molecule has 17 heavy (non-hydrogen) atoms. The number of hydrogen-bond donors (Lipinski definition) is 3. The first-order valence-electron chi connectivity index (χ1n) is 4.96. The third kappa shape index (κ3) is 2.30. The second-order valence-electron chi connectivity index (χ2n) is 3.59. The predicted octanol–water partition coefficient (Wildman–Crippen LogP) is -1.26. The molecule has 2 rings (SSSR count). The lowest BCUT2D eigenvalue weighted by atomic mass is 10.3. The SMILES string of the molecule is N=C(N)C1CN(S(=O)(=O)c2cnc[nH]2)CCO1. The minimum atomic E-state index is -3.60. The second-order valence-corrected chi connectivity index (χ2v) is 5.50. The monoisotopic (exact) mass is 259 g/mol. The Morgan fingerprint density at radius 1 is 1.71 bits per heavy atom. The van der Waals surface area contributed by atoms with Crippen LogP contribution >= 0.6 is 0 Å². The number of ether oxygens (including phenoxy) is 1. The highest BCUT2D eigenvalue weighted by molar-refractivity contribution is 7.89. The molecule has 2 heterocycles. The van der Waals surface area contributed by atoms with Crippen LogP contribution in [-0.2, 0) is 14.8 Å². The van der Waals surface area contributed by atoms with Crippen molar-refractivity contribution in [1.29, 1.82) is 5.41 Å². The maximum Gasteiger partial charge on any atom is 0.260 e. The van der Waals surface area contributed by atoms with Crippen molar-refractivity contribution in [1.82, 2.24) is 14.3 Å². The van der Waals surface area contributed by atoms with E-state index < -0.39 is 16.1 Å². The van der Waals surface area contributed by atoms with Gasteiger partial charge in [0.2, 0.25) is 0 Å². The first-order valence-corrected chi connectivity index (χ1v) is 6.40. The van der Waals surface area contributed by atoms with Crippen LogP contribution in [0, 0.1) is 5.41 Å². The summed E-state index contributed by atoms with van der Waals surface area (Å²) >= 11 is 0. The lowest BCUT2D eigenvalue weighted by Crippen LogP contribution is -2.50. The van der Waals surface area contributed by atoms with Crippen LogP contribution < -0.4 is 5.73 Å². The molecule has 0 spiro atoms. The van der Waals surface area contributed by atoms with E-state index in [9.17, 15) is 8.42 Å². The van der Waals surface area contributed by atoms with Crippen LogP contribution in [0.15, 0.2) is 17.6 Å². The van der Waals surface area contributed by atoms with Crippen molar-refractivity contribution in [3.63, 3.8) is 0 Å². The van der Waals surface area contributed by atoms with E-state index in [1.165, 1.54) is 16.8 Å². The number of nitrogens with two attached hydrogens (primary N) is 1. The summed E-state index contributed by atoms with van der Waals surface area (Å²) in [6, 6.07) is 0. The van der Waals surface area contributed by atoms with Gasteiger partial charge in [-0.1, -0.05) is 0 Å². The van der Waals surface area contributed by atoms with Gasteiger partial charge in [0, 0.05) is 13.1 Å². The largest absolute Gasteiger partial charge is 0.385 e. The summed E-state index contributed by atoms with van der Waals surface area (Å²) in [7, 11) is -3.60. The molecular formula is C8H13N5O3S. The Hall–Kier alpha value is -1.45. The lowest BCUT2D eigenvalue weighted by Gasteiger charge is -2.30. The quantitative estimate of drug-likeness (QED) is 0.461. The van der Waals surface area contributed by atoms with Gasteiger partial charge < -0.3 is 15.5 Å². The topological polar surface area (TPSA) is 125 Å². The van der Waals surface area contributed by atoms with Gasteiger partial charge in [-0.3, -0.25) is 5.41 Å². The normalized spacial score (nSPS) is 22.5. The second kappa shape index (κ2) is 4.43. The van der Waals surface area contributed by atoms with Crippen molar-refractivity contribution < 1.29 is 13.2 Å². The van der Waals surface area contributed by atoms with Crippen LogP contribution in [0.3, 0.4) is 0 Å². The molecule has 1 fully saturated rings. The first-order chi connectivity index (χ1) is 8.01. The summed E-state index contributed by atoms with van der Waals surface area (Å²) in [4.78, 5) is 6.23. The Morgan fingerprint density at radius 2 is 2.47 bits per heavy atom. The van der Waals surface area contributed by atoms with Crippen molar-refractivity contribution in [3.8, 4) is 0 Å². The van der Waals surface area contributed by atoms with E-state index >= 15 is 0 Å². The number of hydrogen-bond acceptors (Lipinski definition) is 5. The summed E-state index contributed by atoms with van der Waals surface area (Å²) in [5, 5.41) is 7.30. The average molecular weight is 259 g/mol. The molecular weight excluding hydrogens is 246 g/mol. The van der Waals surface area contributed by atoms with Crippen LogP contribution in [0.1, 0.15) is 0 Å². The molecule has 0 saturated carbocycles. The summed E-state index contributed by atoms with van der Waals surface area (Å²) in [6.45, 7) is 0.513. The van der Waals surface area contributed by atoms with Gasteiger partial charge in [0.05, 0.1) is 19.1 Å². The maximum absolute atomic E-state index is 12.1. The van der Waals surface area contributed by atoms with Gasteiger partial charge >= 0.3 is 0 Å². The zero-order chi connectivity index (χ0) is 12.5. The van der Waals surface area contributed by atoms with Crippen molar-refractivity contribution in [2.75, 3.05) is 19.7 Å². The van der Waals surface area contributed by atoms with Gasteiger partial charge in [-0.05, 0) is 0 Å². The molecule has 1 saturated heterocycles. The molecule has 8 nitrogen and oxygen atoms in total. The number of imidazole rings is 1. The summed E-state index contributed by atoms with van der Waals surface area (Å²) in [6.07, 6.45) is 1.87. The zero-order valence-electron chi connectivity index (χ0n) is 8.96. The van der Waals surface area contributed by atoms with Crippen molar-refractivity contribution in [2.24, 2.45) is 5.73 Å². The Bertz CT molecular complexity index is 497. The minimum absolute atomic E-state index is 0.0294. The molecule has 1 aromatic rings. The van der Waals surface area contributed by atoms with Gasteiger partial charge in [-0.25, -0.2) is 13.4 Å². The molecule has 0 aromatic carbocycles. The Labute approximate surface area is 98.3 Å². The van der Waals surface area contributed by atoms with Crippen LogP contribution in [0.5, 0.6) is 0 Å². The first kappa shape index (κ1) is 12.0. The van der Waals surface area contributed by atoms with Gasteiger partial charge in [0.15, 0.2) is 5.03 Å². The minimum Gasteiger partial charge on any atom is -0.385 e. The van der Waals surface area contributed by atoms with Crippen molar-refractivity contribution in [2.45, 2.75) is 11.1 Å². The van der Waals surface area contributed by atoms with Gasteiger partial charge in [0.1, 0.15) is 11.9 Å². The fraction of sp³-hybridized carbons (Fsp3) is 0.500. The number of nitrogens with zero attached hydrogens (tertiary/aromatic N) is 2.